The first kappa shape index (κ1) is 27.0. The summed E-state index contributed by atoms with van der Waals surface area (Å²) in [5.41, 5.74) is 4.09. The Morgan fingerprint density at radius 1 is 1.05 bits per heavy atom. The third-order valence-electron chi connectivity index (χ3n) is 7.25. The van der Waals surface area contributed by atoms with Gasteiger partial charge in [0.25, 0.3) is 5.91 Å². The van der Waals surface area contributed by atoms with Crippen molar-refractivity contribution in [2.45, 2.75) is 27.0 Å². The number of anilines is 2. The molecule has 1 atom stereocenters. The van der Waals surface area contributed by atoms with E-state index in [-0.39, 0.29) is 17.0 Å². The summed E-state index contributed by atoms with van der Waals surface area (Å²) in [4.78, 5) is 13.2. The molecule has 0 spiro atoms. The molecule has 1 aliphatic rings. The molecule has 10 nitrogen and oxygen atoms in total. The molecule has 1 unspecified atom stereocenters. The molecule has 12 heteroatoms. The molecule has 5 aromatic rings. The van der Waals surface area contributed by atoms with Crippen molar-refractivity contribution < 1.29 is 27.9 Å². The van der Waals surface area contributed by atoms with Gasteiger partial charge in [-0.3, -0.25) is 14.8 Å². The number of aliphatic hydroxyl groups is 1. The largest absolute Gasteiger partial charge is 0.452 e. The van der Waals surface area contributed by atoms with Crippen LogP contribution in [0.3, 0.4) is 0 Å². The number of benzene rings is 2. The van der Waals surface area contributed by atoms with E-state index in [0.29, 0.717) is 34.1 Å². The quantitative estimate of drug-likeness (QED) is 0.272. The number of ether oxygens (including phenoxy) is 1. The number of aromatic nitrogens is 3. The predicted octanol–water partition coefficient (Wildman–Crippen LogP) is 5.57. The second kappa shape index (κ2) is 10.3. The molecule has 1 aliphatic heterocycles. The number of rotatable bonds is 6. The van der Waals surface area contributed by atoms with Gasteiger partial charge in [-0.25, -0.2) is 13.3 Å². The van der Waals surface area contributed by atoms with E-state index in [0.717, 1.165) is 17.2 Å². The Balaban J connectivity index is 1.24. The van der Waals surface area contributed by atoms with E-state index in [1.165, 1.54) is 41.4 Å². The van der Waals surface area contributed by atoms with Crippen LogP contribution >= 0.6 is 0 Å². The zero-order valence-corrected chi connectivity index (χ0v) is 23.1. The molecule has 1 amide bonds. The summed E-state index contributed by atoms with van der Waals surface area (Å²) in [6, 6.07) is 13.1. The molecule has 2 N–H and O–H groups in total. The second-order valence-corrected chi connectivity index (χ2v) is 9.84. The minimum absolute atomic E-state index is 0.0643. The number of aryl methyl sites for hydroxylation is 2. The number of allylic oxidation sites excluding steroid dienone is 1. The van der Waals surface area contributed by atoms with Crippen molar-refractivity contribution >= 4 is 22.8 Å². The Bertz CT molecular complexity index is 1840. The van der Waals surface area contributed by atoms with Crippen molar-refractivity contribution in [1.82, 2.24) is 19.8 Å². The average Bonchev–Trinajstić information content (AvgIpc) is 3.59. The van der Waals surface area contributed by atoms with Gasteiger partial charge in [0.1, 0.15) is 17.1 Å². The van der Waals surface area contributed by atoms with Gasteiger partial charge < -0.3 is 19.7 Å². The standard InChI is InChI=1S/C30H26F2N6O4/c1-16-26(18(3)42-35-16)22-12-14-37-28(22)25(11-13-33-37)41-24-10-7-20(15-23(24)32)34-29(39)27-17(2)36(4)38(30(27)40)21-8-5-19(31)6-9-21/h5-15,30,40H,1-4H3,(H,34,39). The van der Waals surface area contributed by atoms with Crippen LogP contribution in [-0.4, -0.2) is 44.1 Å². The first-order valence-corrected chi connectivity index (χ1v) is 13.0. The highest BCUT2D eigenvalue weighted by atomic mass is 19.1. The molecule has 214 valence electrons. The number of fused-ring (bicyclic) bond motifs is 1. The third kappa shape index (κ3) is 4.51. The topological polar surface area (TPSA) is 108 Å². The van der Waals surface area contributed by atoms with Crippen LogP contribution < -0.4 is 15.1 Å². The van der Waals surface area contributed by atoms with Gasteiger partial charge in [0.2, 0.25) is 0 Å². The Morgan fingerprint density at radius 2 is 1.81 bits per heavy atom. The van der Waals surface area contributed by atoms with E-state index >= 15 is 4.39 Å². The molecule has 2 aromatic carbocycles. The lowest BCUT2D eigenvalue weighted by Crippen LogP contribution is -2.41. The van der Waals surface area contributed by atoms with Crippen LogP contribution in [0.2, 0.25) is 0 Å². The minimum atomic E-state index is -1.34. The van der Waals surface area contributed by atoms with E-state index in [9.17, 15) is 14.3 Å². The van der Waals surface area contributed by atoms with Gasteiger partial charge in [-0.05, 0) is 63.2 Å². The Kier molecular flexibility index (Phi) is 6.62. The maximum absolute atomic E-state index is 15.3. The molecule has 0 aliphatic carbocycles. The minimum Gasteiger partial charge on any atom is -0.452 e. The number of amides is 1. The molecular formula is C30H26F2N6O4. The number of hydrogen-bond donors (Lipinski definition) is 2. The fourth-order valence-corrected chi connectivity index (χ4v) is 5.14. The second-order valence-electron chi connectivity index (χ2n) is 9.84. The van der Waals surface area contributed by atoms with Crippen LogP contribution in [0.25, 0.3) is 16.6 Å². The lowest BCUT2D eigenvalue weighted by molar-refractivity contribution is -0.113. The van der Waals surface area contributed by atoms with E-state index in [4.69, 9.17) is 9.26 Å². The lowest BCUT2D eigenvalue weighted by Gasteiger charge is -2.31. The number of nitrogens with one attached hydrogen (secondary N) is 1. The van der Waals surface area contributed by atoms with E-state index in [1.54, 1.807) is 42.0 Å². The molecule has 0 saturated carbocycles. The molecule has 0 bridgehead atoms. The summed E-state index contributed by atoms with van der Waals surface area (Å²) in [7, 11) is 1.67. The van der Waals surface area contributed by atoms with Crippen molar-refractivity contribution in [2.24, 2.45) is 0 Å². The van der Waals surface area contributed by atoms with E-state index < -0.39 is 23.8 Å². The van der Waals surface area contributed by atoms with Gasteiger partial charge in [-0.1, -0.05) is 5.16 Å². The van der Waals surface area contributed by atoms with Crippen molar-refractivity contribution in [1.29, 1.82) is 0 Å². The first-order chi connectivity index (χ1) is 20.1. The van der Waals surface area contributed by atoms with Gasteiger partial charge in [-0.15, -0.1) is 0 Å². The van der Waals surface area contributed by atoms with Gasteiger partial charge in [0.15, 0.2) is 23.5 Å². The average molecular weight is 573 g/mol. The normalized spacial score (nSPS) is 15.2. The molecule has 4 heterocycles. The molecule has 0 saturated heterocycles. The third-order valence-corrected chi connectivity index (χ3v) is 7.25. The summed E-state index contributed by atoms with van der Waals surface area (Å²) in [6.07, 6.45) is 1.97. The number of carbonyl (C=O) groups is 1. The van der Waals surface area contributed by atoms with Crippen molar-refractivity contribution in [3.8, 4) is 22.6 Å². The van der Waals surface area contributed by atoms with E-state index in [2.05, 4.69) is 15.6 Å². The highest BCUT2D eigenvalue weighted by molar-refractivity contribution is 6.05. The fourth-order valence-electron chi connectivity index (χ4n) is 5.14. The van der Waals surface area contributed by atoms with E-state index in [1.807, 2.05) is 19.9 Å². The Morgan fingerprint density at radius 3 is 2.50 bits per heavy atom. The predicted molar refractivity (Wildman–Crippen MR) is 151 cm³/mol. The smallest absolute Gasteiger partial charge is 0.258 e. The summed E-state index contributed by atoms with van der Waals surface area (Å²) in [6.45, 7) is 5.31. The van der Waals surface area contributed by atoms with Crippen LogP contribution in [0.5, 0.6) is 11.5 Å². The molecule has 6 rings (SSSR count). The highest BCUT2D eigenvalue weighted by Crippen LogP contribution is 2.38. The molecule has 3 aromatic heterocycles. The van der Waals surface area contributed by atoms with Crippen molar-refractivity contribution in [3.05, 3.63) is 101 Å². The van der Waals surface area contributed by atoms with Crippen LogP contribution in [0, 0.1) is 25.5 Å². The summed E-state index contributed by atoms with van der Waals surface area (Å²) < 4.78 is 41.6. The number of hydrogen-bond acceptors (Lipinski definition) is 8. The Labute approximate surface area is 239 Å². The first-order valence-electron chi connectivity index (χ1n) is 13.0. The number of halogens is 2. The molecular weight excluding hydrogens is 546 g/mol. The molecule has 42 heavy (non-hydrogen) atoms. The fraction of sp³-hybridized carbons (Fsp3) is 0.167. The number of carbonyl (C=O) groups excluding carboxylic acids is 1. The maximum atomic E-state index is 15.3. The van der Waals surface area contributed by atoms with Crippen LogP contribution in [0.1, 0.15) is 18.4 Å². The van der Waals surface area contributed by atoms with Crippen molar-refractivity contribution in [3.63, 3.8) is 0 Å². The molecule has 0 fully saturated rings. The van der Waals surface area contributed by atoms with Crippen LogP contribution in [0.4, 0.5) is 20.2 Å². The summed E-state index contributed by atoms with van der Waals surface area (Å²) >= 11 is 0. The van der Waals surface area contributed by atoms with Crippen LogP contribution in [0.15, 0.2) is 82.8 Å². The zero-order chi connectivity index (χ0) is 29.7. The molecule has 0 radical (unpaired) electrons. The van der Waals surface area contributed by atoms with Gasteiger partial charge in [-0.2, -0.15) is 5.10 Å². The Hall–Kier alpha value is -5.23. The monoisotopic (exact) mass is 572 g/mol. The lowest BCUT2D eigenvalue weighted by atomic mass is 10.1. The van der Waals surface area contributed by atoms with Crippen molar-refractivity contribution in [2.75, 3.05) is 17.4 Å². The van der Waals surface area contributed by atoms with Gasteiger partial charge in [0.05, 0.1) is 23.2 Å². The number of hydrazine groups is 1. The summed E-state index contributed by atoms with van der Waals surface area (Å²) in [5.74, 6) is -0.820. The van der Waals surface area contributed by atoms with Crippen LogP contribution in [-0.2, 0) is 4.79 Å². The maximum Gasteiger partial charge on any atom is 0.258 e. The number of aliphatic hydroxyl groups excluding tert-OH is 1. The van der Waals surface area contributed by atoms with Gasteiger partial charge in [0, 0.05) is 47.9 Å². The summed E-state index contributed by atoms with van der Waals surface area (Å²) in [5, 5.41) is 25.0. The van der Waals surface area contributed by atoms with Gasteiger partial charge >= 0.3 is 0 Å². The highest BCUT2D eigenvalue weighted by Gasteiger charge is 2.38. The zero-order valence-electron chi connectivity index (χ0n) is 23.1. The number of nitrogens with zero attached hydrogens (tertiary/aromatic N) is 5. The SMILES string of the molecule is CC1=C(C(=O)Nc2ccc(Oc3ccnn4ccc(-c5c(C)noc5C)c34)c(F)c2)C(O)N(c2ccc(F)cc2)N1C.